The van der Waals surface area contributed by atoms with Crippen molar-refractivity contribution in [3.8, 4) is 22.8 Å². The lowest BCUT2D eigenvalue weighted by Crippen LogP contribution is -2.52. The van der Waals surface area contributed by atoms with Crippen molar-refractivity contribution in [2.75, 3.05) is 27.2 Å². The first-order valence-electron chi connectivity index (χ1n) is 12.0. The summed E-state index contributed by atoms with van der Waals surface area (Å²) in [5.41, 5.74) is 0.330. The second-order valence-electron chi connectivity index (χ2n) is 9.53. The summed E-state index contributed by atoms with van der Waals surface area (Å²) in [7, 11) is 4.26. The highest BCUT2D eigenvalue weighted by molar-refractivity contribution is 5.68. The van der Waals surface area contributed by atoms with Gasteiger partial charge in [0.25, 0.3) is 0 Å². The summed E-state index contributed by atoms with van der Waals surface area (Å²) in [4.78, 5) is 6.40. The molecule has 0 N–H and O–H groups in total. The standard InChI is InChI=1S/C23H28F4N8O2/c1-32(2)14-3-4-15(9-14)33-11-16(12-33)35-30-21(28-31-35)13-34-8-7-19(29-34)18-10-17(36-22(24)25)5-6-20(18)37-23(26)27/h5-8,10,14-16,22-23H,3-4,9,11-13H2,1-2H3. The van der Waals surface area contributed by atoms with Crippen LogP contribution in [-0.2, 0) is 6.54 Å². The van der Waals surface area contributed by atoms with Crippen LogP contribution in [0.4, 0.5) is 17.6 Å². The molecule has 2 aliphatic rings. The van der Waals surface area contributed by atoms with Gasteiger partial charge < -0.3 is 14.4 Å². The fraction of sp³-hybridized carbons (Fsp3) is 0.565. The normalized spacial score (nSPS) is 20.8. The number of hydrogen-bond donors (Lipinski definition) is 0. The average Bonchev–Trinajstić information content (AvgIpc) is 3.55. The van der Waals surface area contributed by atoms with Gasteiger partial charge in [-0.1, -0.05) is 0 Å². The van der Waals surface area contributed by atoms with Crippen LogP contribution in [-0.4, -0.2) is 92.3 Å². The van der Waals surface area contributed by atoms with Crippen LogP contribution in [0.2, 0.25) is 0 Å². The molecule has 3 aromatic rings. The molecule has 1 saturated heterocycles. The Labute approximate surface area is 210 Å². The van der Waals surface area contributed by atoms with Gasteiger partial charge in [0, 0.05) is 36.9 Å². The Bertz CT molecular complexity index is 1200. The van der Waals surface area contributed by atoms with Crippen molar-refractivity contribution in [3.63, 3.8) is 0 Å². The number of hydrogen-bond acceptors (Lipinski definition) is 8. The van der Waals surface area contributed by atoms with Crippen molar-refractivity contribution >= 4 is 0 Å². The highest BCUT2D eigenvalue weighted by Crippen LogP contribution is 2.35. The Kier molecular flexibility index (Phi) is 7.29. The molecule has 0 spiro atoms. The van der Waals surface area contributed by atoms with E-state index in [0.717, 1.165) is 25.2 Å². The summed E-state index contributed by atoms with van der Waals surface area (Å²) in [5, 5.41) is 17.2. The fourth-order valence-electron chi connectivity index (χ4n) is 4.96. The first-order valence-corrected chi connectivity index (χ1v) is 12.0. The summed E-state index contributed by atoms with van der Waals surface area (Å²) in [6, 6.07) is 6.39. The molecule has 2 aromatic heterocycles. The molecule has 1 aromatic carbocycles. The number of aromatic nitrogens is 6. The fourth-order valence-corrected chi connectivity index (χ4v) is 4.96. The summed E-state index contributed by atoms with van der Waals surface area (Å²) >= 11 is 0. The van der Waals surface area contributed by atoms with Crippen LogP contribution in [0.25, 0.3) is 11.3 Å². The molecular weight excluding hydrogens is 496 g/mol. The molecule has 1 aliphatic carbocycles. The van der Waals surface area contributed by atoms with Gasteiger partial charge in [-0.15, -0.1) is 10.2 Å². The van der Waals surface area contributed by atoms with Crippen LogP contribution in [0.3, 0.4) is 0 Å². The molecule has 1 saturated carbocycles. The van der Waals surface area contributed by atoms with Gasteiger partial charge in [-0.3, -0.25) is 9.58 Å². The number of nitrogens with zero attached hydrogens (tertiary/aromatic N) is 8. The Morgan fingerprint density at radius 3 is 2.49 bits per heavy atom. The molecule has 3 heterocycles. The van der Waals surface area contributed by atoms with Gasteiger partial charge in [0.15, 0.2) is 5.82 Å². The van der Waals surface area contributed by atoms with E-state index in [1.54, 1.807) is 17.1 Å². The summed E-state index contributed by atoms with van der Waals surface area (Å²) < 4.78 is 61.4. The minimum Gasteiger partial charge on any atom is -0.435 e. The predicted molar refractivity (Wildman–Crippen MR) is 124 cm³/mol. The predicted octanol–water partition coefficient (Wildman–Crippen LogP) is 3.13. The van der Waals surface area contributed by atoms with E-state index < -0.39 is 13.2 Å². The molecular formula is C23H28F4N8O2. The van der Waals surface area contributed by atoms with E-state index in [4.69, 9.17) is 0 Å². The maximum atomic E-state index is 12.9. The van der Waals surface area contributed by atoms with Crippen molar-refractivity contribution in [1.82, 2.24) is 39.8 Å². The van der Waals surface area contributed by atoms with Gasteiger partial charge in [-0.25, -0.2) is 0 Å². The third kappa shape index (κ3) is 5.85. The lowest BCUT2D eigenvalue weighted by atomic mass is 10.0. The molecule has 14 heteroatoms. The van der Waals surface area contributed by atoms with E-state index in [9.17, 15) is 17.6 Å². The molecule has 1 aliphatic heterocycles. The van der Waals surface area contributed by atoms with Crippen molar-refractivity contribution in [1.29, 1.82) is 0 Å². The molecule has 10 nitrogen and oxygen atoms in total. The zero-order chi connectivity index (χ0) is 26.1. The van der Waals surface area contributed by atoms with Crippen LogP contribution >= 0.6 is 0 Å². The lowest BCUT2D eigenvalue weighted by molar-refractivity contribution is -0.0526. The number of alkyl halides is 4. The Balaban J connectivity index is 1.22. The van der Waals surface area contributed by atoms with Crippen molar-refractivity contribution in [3.05, 3.63) is 36.3 Å². The summed E-state index contributed by atoms with van der Waals surface area (Å²) in [6.45, 7) is -4.18. The highest BCUT2D eigenvalue weighted by atomic mass is 19.3. The number of ether oxygens (including phenoxy) is 2. The molecule has 2 atom stereocenters. The van der Waals surface area contributed by atoms with Crippen molar-refractivity contribution in [2.24, 2.45) is 0 Å². The number of tetrazole rings is 1. The van der Waals surface area contributed by atoms with E-state index in [0.29, 0.717) is 17.9 Å². The van der Waals surface area contributed by atoms with E-state index >= 15 is 0 Å². The second kappa shape index (κ2) is 10.6. The molecule has 0 amide bonds. The second-order valence-corrected chi connectivity index (χ2v) is 9.53. The summed E-state index contributed by atoms with van der Waals surface area (Å²) in [6.07, 6.45) is 5.21. The van der Waals surface area contributed by atoms with Gasteiger partial charge in [-0.05, 0) is 62.8 Å². The van der Waals surface area contributed by atoms with E-state index in [1.807, 2.05) is 0 Å². The first-order chi connectivity index (χ1) is 17.7. The number of benzene rings is 1. The quantitative estimate of drug-likeness (QED) is 0.374. The van der Waals surface area contributed by atoms with Crippen LogP contribution < -0.4 is 9.47 Å². The summed E-state index contributed by atoms with van der Waals surface area (Å²) in [5.74, 6) is 0.0373. The number of halogens is 4. The van der Waals surface area contributed by atoms with Gasteiger partial charge in [0.05, 0.1) is 11.7 Å². The maximum absolute atomic E-state index is 12.9. The smallest absolute Gasteiger partial charge is 0.387 e. The monoisotopic (exact) mass is 524 g/mol. The zero-order valence-electron chi connectivity index (χ0n) is 20.4. The number of rotatable bonds is 10. The van der Waals surface area contributed by atoms with Crippen molar-refractivity contribution < 1.29 is 27.0 Å². The van der Waals surface area contributed by atoms with Gasteiger partial charge in [0.2, 0.25) is 0 Å². The van der Waals surface area contributed by atoms with Gasteiger partial charge in [-0.2, -0.15) is 27.5 Å². The first kappa shape index (κ1) is 25.4. The van der Waals surface area contributed by atoms with Crippen molar-refractivity contribution in [2.45, 2.75) is 57.2 Å². The minimum atomic E-state index is -3.09. The molecule has 2 unspecified atom stereocenters. The van der Waals surface area contributed by atoms with Crippen LogP contribution in [0.5, 0.6) is 11.5 Å². The lowest BCUT2D eigenvalue weighted by Gasteiger charge is -2.42. The number of likely N-dealkylation sites (tertiary alicyclic amines) is 1. The largest absolute Gasteiger partial charge is 0.435 e. The maximum Gasteiger partial charge on any atom is 0.387 e. The van der Waals surface area contributed by atoms with Gasteiger partial charge in [0.1, 0.15) is 18.0 Å². The molecule has 0 radical (unpaired) electrons. The molecule has 5 rings (SSSR count). The van der Waals surface area contributed by atoms with E-state index in [-0.39, 0.29) is 35.3 Å². The molecule has 2 fully saturated rings. The van der Waals surface area contributed by atoms with Gasteiger partial charge >= 0.3 is 13.2 Å². The SMILES string of the molecule is CN(C)C1CCC(N2CC(n3nnc(Cn4ccc(-c5cc(OC(F)F)ccc5OC(F)F)n4)n3)C2)C1. The Morgan fingerprint density at radius 1 is 1.00 bits per heavy atom. The van der Waals surface area contributed by atoms with Crippen LogP contribution in [0, 0.1) is 0 Å². The molecule has 37 heavy (non-hydrogen) atoms. The Morgan fingerprint density at radius 2 is 1.78 bits per heavy atom. The highest BCUT2D eigenvalue weighted by Gasteiger charge is 2.38. The molecule has 200 valence electrons. The zero-order valence-corrected chi connectivity index (χ0v) is 20.4. The van der Waals surface area contributed by atoms with Crippen LogP contribution in [0.1, 0.15) is 31.1 Å². The minimum absolute atomic E-state index is 0.0896. The Hall–Kier alpha value is -3.26. The molecule has 0 bridgehead atoms. The third-order valence-electron chi connectivity index (χ3n) is 6.92. The van der Waals surface area contributed by atoms with E-state index in [1.165, 1.54) is 30.0 Å². The third-order valence-corrected chi connectivity index (χ3v) is 6.92. The van der Waals surface area contributed by atoms with E-state index in [2.05, 4.69) is 53.9 Å². The topological polar surface area (TPSA) is 86.4 Å². The average molecular weight is 525 g/mol. The van der Waals surface area contributed by atoms with Crippen LogP contribution in [0.15, 0.2) is 30.5 Å².